The van der Waals surface area contributed by atoms with Crippen LogP contribution in [0.4, 0.5) is 0 Å². The van der Waals surface area contributed by atoms with E-state index in [0.29, 0.717) is 0 Å². The van der Waals surface area contributed by atoms with Crippen molar-refractivity contribution in [1.29, 1.82) is 0 Å². The van der Waals surface area contributed by atoms with Crippen LogP contribution in [0.1, 0.15) is 6.42 Å². The Bertz CT molecular complexity index is 933. The highest BCUT2D eigenvalue weighted by molar-refractivity contribution is 7.91. The van der Waals surface area contributed by atoms with E-state index < -0.39 is 14.8 Å². The fourth-order valence-corrected chi connectivity index (χ4v) is 9.45. The van der Waals surface area contributed by atoms with Gasteiger partial charge < -0.3 is 10.2 Å². The second kappa shape index (κ2) is 11.2. The maximum absolute atomic E-state index is 5.32. The van der Waals surface area contributed by atoms with Crippen LogP contribution in [-0.2, 0) is 0 Å². The summed E-state index contributed by atoms with van der Waals surface area (Å²) in [6.45, 7) is 6.31. The first kappa shape index (κ1) is 23.8. The summed E-state index contributed by atoms with van der Waals surface area (Å²) in [4.78, 5) is 0. The molecule has 4 rings (SSSR count). The van der Waals surface area contributed by atoms with Crippen LogP contribution in [0.2, 0.25) is 0 Å². The van der Waals surface area contributed by atoms with E-state index in [1.807, 2.05) is 0 Å². The fraction of sp³-hybridized carbons (Fsp3) is 0.172. The summed E-state index contributed by atoms with van der Waals surface area (Å²) in [5.74, 6) is 0. The summed E-state index contributed by atoms with van der Waals surface area (Å²) in [6.07, 6.45) is 0.963. The Kier molecular flexibility index (Phi) is 8.07. The summed E-state index contributed by atoms with van der Waals surface area (Å²) in [5.41, 5.74) is 0. The van der Waals surface area contributed by atoms with E-state index in [1.165, 1.54) is 21.2 Å². The van der Waals surface area contributed by atoms with Crippen molar-refractivity contribution in [3.63, 3.8) is 0 Å². The lowest BCUT2D eigenvalue weighted by atomic mass is 10.4. The third kappa shape index (κ3) is 5.60. The summed E-state index contributed by atoms with van der Waals surface area (Å²) >= 11 is 0. The molecule has 0 saturated heterocycles. The quantitative estimate of drug-likeness (QED) is 0.186. The monoisotopic (exact) mass is 470 g/mol. The van der Waals surface area contributed by atoms with E-state index in [-0.39, 0.29) is 0 Å². The minimum absolute atomic E-state index is 0.821. The Morgan fingerprint density at radius 3 is 0.909 bits per heavy atom. The average molecular weight is 471 g/mol. The van der Waals surface area contributed by atoms with E-state index >= 15 is 0 Å². The van der Waals surface area contributed by atoms with Gasteiger partial charge in [0.2, 0.25) is 0 Å². The Morgan fingerprint density at radius 1 is 0.424 bits per heavy atom. The molecule has 4 aromatic carbocycles. The normalized spacial score (nSPS) is 11.9. The van der Waals surface area contributed by atoms with Crippen LogP contribution in [0.5, 0.6) is 0 Å². The summed E-state index contributed by atoms with van der Waals surface area (Å²) in [5, 5.41) is 16.0. The van der Waals surface area contributed by atoms with Crippen LogP contribution in [0.15, 0.2) is 121 Å². The van der Waals surface area contributed by atoms with Crippen LogP contribution in [0.25, 0.3) is 10.2 Å². The first-order valence-corrected chi connectivity index (χ1v) is 15.8. The molecule has 0 atom stereocenters. The molecule has 168 valence electrons. The van der Waals surface area contributed by atoms with Gasteiger partial charge in [-0.15, -0.1) is 13.1 Å². The van der Waals surface area contributed by atoms with Gasteiger partial charge in [-0.1, -0.05) is 79.2 Å². The second-order valence-electron chi connectivity index (χ2n) is 8.34. The smallest absolute Gasteiger partial charge is 0.0848 e. The molecule has 4 aromatic rings. The van der Waals surface area contributed by atoms with Crippen molar-refractivity contribution in [2.45, 2.75) is 6.42 Å². The zero-order chi connectivity index (χ0) is 23.0. The molecule has 0 aromatic heterocycles. The fourth-order valence-electron chi connectivity index (χ4n) is 4.11. The average Bonchev–Trinajstić information content (AvgIpc) is 2.90. The van der Waals surface area contributed by atoms with Gasteiger partial charge in [-0.05, 0) is 63.4 Å². The van der Waals surface area contributed by atoms with Crippen molar-refractivity contribution in [3.05, 3.63) is 132 Å². The highest BCUT2D eigenvalue weighted by Crippen LogP contribution is 2.60. The third-order valence-corrected chi connectivity index (χ3v) is 12.9. The SMILES string of the molecule is C[P+]([N-]CCC[N-][P+](C)(c1ccccc1)c1ccccc1)(c1ccccc1)c1ccccc1. The summed E-state index contributed by atoms with van der Waals surface area (Å²) < 4.78 is 0. The van der Waals surface area contributed by atoms with Gasteiger partial charge in [-0.25, -0.2) is 0 Å². The van der Waals surface area contributed by atoms with Crippen molar-refractivity contribution in [3.8, 4) is 0 Å². The van der Waals surface area contributed by atoms with Crippen molar-refractivity contribution >= 4 is 36.0 Å². The molecule has 0 spiro atoms. The molecule has 0 aliphatic rings. The minimum atomic E-state index is -1.78. The van der Waals surface area contributed by atoms with Gasteiger partial charge in [-0.3, -0.25) is 0 Å². The van der Waals surface area contributed by atoms with Crippen molar-refractivity contribution < 1.29 is 0 Å². The maximum Gasteiger partial charge on any atom is 0.0848 e. The molecule has 33 heavy (non-hydrogen) atoms. The maximum atomic E-state index is 5.32. The number of nitrogens with zero attached hydrogens (tertiary/aromatic N) is 2. The molecule has 0 fully saturated rings. The molecule has 0 aliphatic heterocycles. The molecular formula is C29H32N2P2. The molecule has 2 nitrogen and oxygen atoms in total. The third-order valence-electron chi connectivity index (χ3n) is 6.12. The van der Waals surface area contributed by atoms with Crippen molar-refractivity contribution in [2.24, 2.45) is 0 Å². The van der Waals surface area contributed by atoms with Gasteiger partial charge in [0.1, 0.15) is 0 Å². The van der Waals surface area contributed by atoms with Gasteiger partial charge >= 0.3 is 0 Å². The predicted molar refractivity (Wildman–Crippen MR) is 151 cm³/mol. The number of rotatable bonds is 10. The number of hydrogen-bond acceptors (Lipinski definition) is 0. The van der Waals surface area contributed by atoms with Crippen LogP contribution < -0.4 is 21.2 Å². The number of benzene rings is 4. The molecule has 0 saturated carbocycles. The lowest BCUT2D eigenvalue weighted by molar-refractivity contribution is 0.979. The first-order chi connectivity index (χ1) is 16.1. The molecule has 0 heterocycles. The molecule has 0 amide bonds. The second-order valence-corrected chi connectivity index (χ2v) is 14.8. The lowest BCUT2D eigenvalue weighted by Crippen LogP contribution is -2.22. The van der Waals surface area contributed by atoms with Crippen molar-refractivity contribution in [1.82, 2.24) is 0 Å². The Hall–Kier alpha value is -2.34. The molecule has 4 heteroatoms. The van der Waals surface area contributed by atoms with Gasteiger partial charge in [0.15, 0.2) is 0 Å². The molecule has 0 radical (unpaired) electrons. The predicted octanol–water partition coefficient (Wildman–Crippen LogP) is 6.55. The standard InChI is InChI=1S/C29H32N2P2/c1-32(26-16-7-3-8-17-26,27-18-9-4-10-19-27)30-24-15-25-31-33(2,28-20-11-5-12-21-28)29-22-13-6-14-23-29/h3-14,16-23H,15,24-25H2,1-2H3. The Morgan fingerprint density at radius 2 is 0.667 bits per heavy atom. The van der Waals surface area contributed by atoms with E-state index in [4.69, 9.17) is 10.2 Å². The van der Waals surface area contributed by atoms with Crippen LogP contribution in [0, 0.1) is 0 Å². The highest BCUT2D eigenvalue weighted by Gasteiger charge is 2.29. The molecule has 0 N–H and O–H groups in total. The van der Waals surface area contributed by atoms with Gasteiger partial charge in [-0.2, -0.15) is 0 Å². The van der Waals surface area contributed by atoms with Crippen LogP contribution in [0.3, 0.4) is 0 Å². The van der Waals surface area contributed by atoms with Crippen LogP contribution >= 0.6 is 14.8 Å². The zero-order valence-electron chi connectivity index (χ0n) is 19.5. The van der Waals surface area contributed by atoms with E-state index in [0.717, 1.165) is 19.5 Å². The zero-order valence-corrected chi connectivity index (χ0v) is 21.2. The lowest BCUT2D eigenvalue weighted by Gasteiger charge is -2.38. The van der Waals surface area contributed by atoms with E-state index in [9.17, 15) is 0 Å². The summed E-state index contributed by atoms with van der Waals surface area (Å²) in [7, 11) is -3.56. The van der Waals surface area contributed by atoms with Gasteiger partial charge in [0.25, 0.3) is 0 Å². The molecule has 0 unspecified atom stereocenters. The Balaban J connectivity index is 1.45. The topological polar surface area (TPSA) is 28.2 Å². The summed E-state index contributed by atoms with van der Waals surface area (Å²) in [6, 6.07) is 43.1. The molecule has 0 bridgehead atoms. The van der Waals surface area contributed by atoms with E-state index in [2.05, 4.69) is 135 Å². The Labute approximate surface area is 200 Å². The van der Waals surface area contributed by atoms with Gasteiger partial charge in [0, 0.05) is 13.3 Å². The highest BCUT2D eigenvalue weighted by atomic mass is 31.2. The van der Waals surface area contributed by atoms with Crippen molar-refractivity contribution in [2.75, 3.05) is 26.4 Å². The molecular weight excluding hydrogens is 438 g/mol. The first-order valence-electron chi connectivity index (χ1n) is 11.5. The largest absolute Gasteiger partial charge is 0.482 e. The minimum Gasteiger partial charge on any atom is -0.482 e. The van der Waals surface area contributed by atoms with Crippen LogP contribution in [-0.4, -0.2) is 26.4 Å². The number of hydrogen-bond donors (Lipinski definition) is 0. The molecule has 0 aliphatic carbocycles. The van der Waals surface area contributed by atoms with E-state index in [1.54, 1.807) is 0 Å². The van der Waals surface area contributed by atoms with Gasteiger partial charge in [0.05, 0.1) is 21.2 Å².